The minimum Gasteiger partial charge on any atom is -0.506 e. The fourth-order valence-corrected chi connectivity index (χ4v) is 5.01. The number of phenols is 2. The molecule has 0 atom stereocenters. The van der Waals surface area contributed by atoms with Crippen LogP contribution in [0.15, 0.2) is 25.2 Å². The van der Waals surface area contributed by atoms with Gasteiger partial charge in [-0.1, -0.05) is 0 Å². The van der Waals surface area contributed by atoms with Crippen LogP contribution in [0.3, 0.4) is 0 Å². The fourth-order valence-electron chi connectivity index (χ4n) is 3.80. The highest BCUT2D eigenvalue weighted by Crippen LogP contribution is 2.41. The summed E-state index contributed by atoms with van der Waals surface area (Å²) >= 11 is 6.45. The molecule has 11 heteroatoms. The lowest BCUT2D eigenvalue weighted by Gasteiger charge is -2.29. The van der Waals surface area contributed by atoms with Gasteiger partial charge in [0.05, 0.1) is 11.0 Å². The van der Waals surface area contributed by atoms with E-state index in [9.17, 15) is 10.2 Å². The molecule has 2 aliphatic rings. The normalized spacial score (nSPS) is 17.5. The molecule has 0 radical (unpaired) electrons. The summed E-state index contributed by atoms with van der Waals surface area (Å²) < 4.78 is 0.675. The number of benzene rings is 1. The van der Waals surface area contributed by atoms with Gasteiger partial charge in [-0.25, -0.2) is 0 Å². The Hall–Kier alpha value is -2.01. The van der Waals surface area contributed by atoms with Gasteiger partial charge >= 0.3 is 0 Å². The molecule has 9 nitrogen and oxygen atoms in total. The van der Waals surface area contributed by atoms with Crippen molar-refractivity contribution in [3.63, 3.8) is 0 Å². The molecular weight excluding hydrogens is 530 g/mol. The van der Waals surface area contributed by atoms with Crippen LogP contribution in [-0.4, -0.2) is 51.3 Å². The molecule has 1 aromatic carbocycles. The van der Waals surface area contributed by atoms with Gasteiger partial charge < -0.3 is 20.0 Å². The molecular formula is C20H25Br2N7O2. The fraction of sp³-hybridized carbons (Fsp3) is 0.550. The third-order valence-electron chi connectivity index (χ3n) is 5.53. The summed E-state index contributed by atoms with van der Waals surface area (Å²) in [6, 6.07) is 1.61. The Morgan fingerprint density at radius 2 is 1.35 bits per heavy atom. The van der Waals surface area contributed by atoms with Crippen LogP contribution < -0.4 is 9.80 Å². The molecule has 2 saturated heterocycles. The molecule has 4 rings (SSSR count). The van der Waals surface area contributed by atoms with Crippen molar-refractivity contribution in [2.45, 2.75) is 45.1 Å². The topological polar surface area (TPSA) is 110 Å². The Morgan fingerprint density at radius 1 is 0.806 bits per heavy atom. The SMILES string of the molecule is Oc1c(Br)cc(CN=Nc2nc(N3CCCCC3)nc(N3CCCCC3)n2)c(O)c1Br. The van der Waals surface area contributed by atoms with Gasteiger partial charge in [0.25, 0.3) is 5.95 Å². The van der Waals surface area contributed by atoms with Crippen LogP contribution in [-0.2, 0) is 6.54 Å². The maximum atomic E-state index is 10.2. The van der Waals surface area contributed by atoms with Crippen LogP contribution in [0.2, 0.25) is 0 Å². The summed E-state index contributed by atoms with van der Waals surface area (Å²) in [5.74, 6) is 1.45. The summed E-state index contributed by atoms with van der Waals surface area (Å²) in [4.78, 5) is 18.2. The summed E-state index contributed by atoms with van der Waals surface area (Å²) in [6.45, 7) is 3.85. The van der Waals surface area contributed by atoms with E-state index in [1.807, 2.05) is 0 Å². The molecule has 1 aromatic heterocycles. The molecule has 0 unspecified atom stereocenters. The maximum Gasteiger partial charge on any atom is 0.275 e. The number of anilines is 2. The highest BCUT2D eigenvalue weighted by molar-refractivity contribution is 9.11. The average Bonchev–Trinajstić information content (AvgIpc) is 2.82. The number of nitrogens with zero attached hydrogens (tertiary/aromatic N) is 7. The standard InChI is InChI=1S/C20H25Br2N7O2/c21-14-11-13(16(30)15(22)17(14)31)12-23-27-18-24-19(28-7-3-1-4-8-28)26-20(25-18)29-9-5-2-6-10-29/h11,30-31H,1-10,12H2. The van der Waals surface area contributed by atoms with E-state index in [4.69, 9.17) is 4.98 Å². The summed E-state index contributed by atoms with van der Waals surface area (Å²) in [5.41, 5.74) is 0.516. The van der Waals surface area contributed by atoms with Crippen LogP contribution >= 0.6 is 31.9 Å². The Morgan fingerprint density at radius 3 is 1.90 bits per heavy atom. The number of hydrogen-bond acceptors (Lipinski definition) is 9. The van der Waals surface area contributed by atoms with Crippen LogP contribution in [0.25, 0.3) is 0 Å². The molecule has 0 spiro atoms. The number of phenolic OH excluding ortho intramolecular Hbond substituents is 2. The van der Waals surface area contributed by atoms with E-state index in [-0.39, 0.29) is 28.5 Å². The second-order valence-corrected chi connectivity index (χ2v) is 9.41. The zero-order valence-electron chi connectivity index (χ0n) is 17.1. The molecule has 2 aromatic rings. The molecule has 2 N–H and O–H groups in total. The van der Waals surface area contributed by atoms with Crippen LogP contribution in [0.1, 0.15) is 44.1 Å². The maximum absolute atomic E-state index is 10.2. The van der Waals surface area contributed by atoms with E-state index >= 15 is 0 Å². The van der Waals surface area contributed by atoms with Crippen molar-refractivity contribution in [1.29, 1.82) is 0 Å². The second kappa shape index (κ2) is 10.1. The van der Waals surface area contributed by atoms with Gasteiger partial charge in [-0.05, 0) is 76.5 Å². The van der Waals surface area contributed by atoms with E-state index in [0.717, 1.165) is 51.9 Å². The van der Waals surface area contributed by atoms with Crippen molar-refractivity contribution >= 4 is 49.7 Å². The molecule has 2 fully saturated rings. The largest absolute Gasteiger partial charge is 0.506 e. The smallest absolute Gasteiger partial charge is 0.275 e. The Kier molecular flexibility index (Phi) is 7.21. The van der Waals surface area contributed by atoms with E-state index in [2.05, 4.69) is 61.9 Å². The molecule has 166 valence electrons. The van der Waals surface area contributed by atoms with Crippen molar-refractivity contribution in [2.24, 2.45) is 10.2 Å². The zero-order valence-corrected chi connectivity index (χ0v) is 20.3. The molecule has 2 aliphatic heterocycles. The van der Waals surface area contributed by atoms with Gasteiger partial charge in [0.1, 0.15) is 16.0 Å². The van der Waals surface area contributed by atoms with Crippen molar-refractivity contribution in [3.8, 4) is 11.5 Å². The lowest BCUT2D eigenvalue weighted by Crippen LogP contribution is -2.34. The third-order valence-corrected chi connectivity index (χ3v) is 6.88. The number of aromatic hydroxyl groups is 2. The van der Waals surface area contributed by atoms with Gasteiger partial charge in [-0.15, -0.1) is 5.11 Å². The molecule has 31 heavy (non-hydrogen) atoms. The molecule has 0 bridgehead atoms. The number of piperidine rings is 2. The van der Waals surface area contributed by atoms with Crippen molar-refractivity contribution in [2.75, 3.05) is 36.0 Å². The number of hydrogen-bond donors (Lipinski definition) is 2. The average molecular weight is 555 g/mol. The Balaban J connectivity index is 1.59. The summed E-state index contributed by atoms with van der Waals surface area (Å²) in [7, 11) is 0. The summed E-state index contributed by atoms with van der Waals surface area (Å²) in [5, 5.41) is 28.6. The molecule has 3 heterocycles. The first kappa shape index (κ1) is 22.2. The van der Waals surface area contributed by atoms with Crippen LogP contribution in [0, 0.1) is 0 Å². The number of rotatable bonds is 5. The number of azo groups is 1. The van der Waals surface area contributed by atoms with Gasteiger partial charge in [-0.3, -0.25) is 0 Å². The molecule has 0 aliphatic carbocycles. The van der Waals surface area contributed by atoms with Gasteiger partial charge in [0.15, 0.2) is 0 Å². The number of halogens is 2. The Bertz CT molecular complexity index is 925. The van der Waals surface area contributed by atoms with Crippen molar-refractivity contribution in [1.82, 2.24) is 15.0 Å². The quantitative estimate of drug-likeness (QED) is 0.496. The van der Waals surface area contributed by atoms with Gasteiger partial charge in [-0.2, -0.15) is 20.1 Å². The first-order valence-electron chi connectivity index (χ1n) is 10.5. The Labute approximate surface area is 197 Å². The minimum absolute atomic E-state index is 0.0620. The lowest BCUT2D eigenvalue weighted by atomic mass is 10.1. The van der Waals surface area contributed by atoms with Crippen LogP contribution in [0.5, 0.6) is 11.5 Å². The first-order valence-corrected chi connectivity index (χ1v) is 12.1. The third kappa shape index (κ3) is 5.25. The monoisotopic (exact) mass is 553 g/mol. The molecule has 0 amide bonds. The van der Waals surface area contributed by atoms with E-state index in [1.165, 1.54) is 12.8 Å². The van der Waals surface area contributed by atoms with Gasteiger partial charge in [0.2, 0.25) is 11.9 Å². The predicted molar refractivity (Wildman–Crippen MR) is 125 cm³/mol. The highest BCUT2D eigenvalue weighted by atomic mass is 79.9. The lowest BCUT2D eigenvalue weighted by molar-refractivity contribution is 0.437. The molecule has 0 saturated carbocycles. The van der Waals surface area contributed by atoms with E-state index < -0.39 is 0 Å². The highest BCUT2D eigenvalue weighted by Gasteiger charge is 2.20. The first-order chi connectivity index (χ1) is 15.0. The summed E-state index contributed by atoms with van der Waals surface area (Å²) in [6.07, 6.45) is 6.98. The van der Waals surface area contributed by atoms with Crippen molar-refractivity contribution < 1.29 is 10.2 Å². The van der Waals surface area contributed by atoms with Crippen LogP contribution in [0.4, 0.5) is 17.8 Å². The van der Waals surface area contributed by atoms with E-state index in [0.29, 0.717) is 21.9 Å². The zero-order chi connectivity index (χ0) is 21.8. The second-order valence-electron chi connectivity index (χ2n) is 7.76. The van der Waals surface area contributed by atoms with Crippen molar-refractivity contribution in [3.05, 3.63) is 20.6 Å². The predicted octanol–water partition coefficient (Wildman–Crippen LogP) is 5.07. The van der Waals surface area contributed by atoms with E-state index in [1.54, 1.807) is 6.07 Å². The minimum atomic E-state index is -0.0710. The van der Waals surface area contributed by atoms with Gasteiger partial charge in [0, 0.05) is 31.7 Å². The number of aromatic nitrogens is 3.